The first kappa shape index (κ1) is 31.1. The molecule has 4 aromatic carbocycles. The molecular formula is C34H38N4O2S2. The molecule has 0 aromatic heterocycles. The van der Waals surface area contributed by atoms with Crippen molar-refractivity contribution < 1.29 is 9.59 Å². The molecule has 0 fully saturated rings. The predicted molar refractivity (Wildman–Crippen MR) is 181 cm³/mol. The summed E-state index contributed by atoms with van der Waals surface area (Å²) >= 11 is 0. The molecule has 0 bridgehead atoms. The minimum atomic E-state index is -0.173. The zero-order chi connectivity index (χ0) is 29.9. The van der Waals surface area contributed by atoms with Gasteiger partial charge in [0.15, 0.2) is 0 Å². The number of carbonyl (C=O) groups is 2. The lowest BCUT2D eigenvalue weighted by molar-refractivity contribution is 0.101. The van der Waals surface area contributed by atoms with Crippen molar-refractivity contribution in [3.8, 4) is 0 Å². The summed E-state index contributed by atoms with van der Waals surface area (Å²) < 4.78 is 0. The Hall–Kier alpha value is -3.88. The molecule has 0 saturated heterocycles. The lowest BCUT2D eigenvalue weighted by atomic mass is 10.2. The van der Waals surface area contributed by atoms with E-state index in [9.17, 15) is 9.59 Å². The van der Waals surface area contributed by atoms with Gasteiger partial charge in [-0.15, -0.1) is 0 Å². The van der Waals surface area contributed by atoms with Crippen LogP contribution in [0.1, 0.15) is 48.4 Å². The number of hydrogen-bond donors (Lipinski definition) is 2. The number of benzene rings is 4. The van der Waals surface area contributed by atoms with Crippen LogP contribution in [0.25, 0.3) is 0 Å². The SMILES string of the molecule is CCN(CC)c1ccc(NC(=O)c2ccccc2SSc2ccccc2C(=O)Nc2ccc(N(CC)CC)cc2)cc1. The third-order valence-electron chi connectivity index (χ3n) is 6.99. The highest BCUT2D eigenvalue weighted by Gasteiger charge is 2.16. The van der Waals surface area contributed by atoms with Gasteiger partial charge in [-0.1, -0.05) is 45.9 Å². The molecule has 218 valence electrons. The lowest BCUT2D eigenvalue weighted by Crippen LogP contribution is -2.21. The Morgan fingerprint density at radius 2 is 0.857 bits per heavy atom. The standard InChI is InChI=1S/C34H38N4O2S2/c1-5-37(6-2)27-21-17-25(18-22-27)35-33(39)29-13-9-11-15-31(29)41-42-32-16-12-10-14-30(32)34(40)36-26-19-23-28(24-20-26)38(7-3)8-4/h9-24H,5-8H2,1-4H3,(H,35,39)(H,36,40). The van der Waals surface area contributed by atoms with E-state index in [1.807, 2.05) is 97.1 Å². The first-order valence-electron chi connectivity index (χ1n) is 14.3. The maximum atomic E-state index is 13.2. The molecular weight excluding hydrogens is 561 g/mol. The lowest BCUT2D eigenvalue weighted by Gasteiger charge is -2.21. The Kier molecular flexibility index (Phi) is 11.4. The number of amides is 2. The first-order chi connectivity index (χ1) is 20.5. The Bertz CT molecular complexity index is 1350. The van der Waals surface area contributed by atoms with Crippen LogP contribution in [-0.2, 0) is 0 Å². The molecule has 2 N–H and O–H groups in total. The van der Waals surface area contributed by atoms with Crippen LogP contribution in [0.5, 0.6) is 0 Å². The molecule has 8 heteroatoms. The highest BCUT2D eigenvalue weighted by Crippen LogP contribution is 2.41. The number of rotatable bonds is 13. The third-order valence-corrected chi connectivity index (χ3v) is 9.47. The van der Waals surface area contributed by atoms with E-state index in [4.69, 9.17) is 0 Å². The maximum absolute atomic E-state index is 13.2. The largest absolute Gasteiger partial charge is 0.372 e. The normalized spacial score (nSPS) is 10.7. The van der Waals surface area contributed by atoms with Crippen LogP contribution in [0.2, 0.25) is 0 Å². The molecule has 0 spiro atoms. The molecule has 0 unspecified atom stereocenters. The van der Waals surface area contributed by atoms with E-state index < -0.39 is 0 Å². The topological polar surface area (TPSA) is 64.7 Å². The molecule has 0 aliphatic heterocycles. The third kappa shape index (κ3) is 7.89. The predicted octanol–water partition coefficient (Wildman–Crippen LogP) is 8.68. The van der Waals surface area contributed by atoms with Crippen molar-refractivity contribution in [2.75, 3.05) is 46.6 Å². The van der Waals surface area contributed by atoms with Gasteiger partial charge in [0, 0.05) is 58.7 Å². The molecule has 4 aromatic rings. The van der Waals surface area contributed by atoms with E-state index in [1.54, 1.807) is 0 Å². The van der Waals surface area contributed by atoms with E-state index >= 15 is 0 Å². The molecule has 4 rings (SSSR count). The number of nitrogens with one attached hydrogen (secondary N) is 2. The Labute approximate surface area is 257 Å². The van der Waals surface area contributed by atoms with Gasteiger partial charge in [-0.05, 0) is 100 Å². The van der Waals surface area contributed by atoms with Crippen LogP contribution in [0.3, 0.4) is 0 Å². The molecule has 0 aliphatic rings. The highest BCUT2D eigenvalue weighted by molar-refractivity contribution is 8.76. The zero-order valence-corrected chi connectivity index (χ0v) is 26.2. The van der Waals surface area contributed by atoms with E-state index in [0.717, 1.165) is 58.7 Å². The summed E-state index contributed by atoms with van der Waals surface area (Å²) in [6, 6.07) is 30.9. The van der Waals surface area contributed by atoms with Crippen molar-refractivity contribution >= 4 is 56.2 Å². The van der Waals surface area contributed by atoms with Crippen molar-refractivity contribution in [1.29, 1.82) is 0 Å². The van der Waals surface area contributed by atoms with Crippen molar-refractivity contribution in [1.82, 2.24) is 0 Å². The molecule has 0 atom stereocenters. The van der Waals surface area contributed by atoms with Gasteiger partial charge in [-0.25, -0.2) is 0 Å². The van der Waals surface area contributed by atoms with Gasteiger partial charge in [-0.3, -0.25) is 9.59 Å². The van der Waals surface area contributed by atoms with E-state index in [2.05, 4.69) is 48.1 Å². The van der Waals surface area contributed by atoms with Crippen molar-refractivity contribution in [2.45, 2.75) is 37.5 Å². The van der Waals surface area contributed by atoms with Gasteiger partial charge in [-0.2, -0.15) is 0 Å². The van der Waals surface area contributed by atoms with Crippen LogP contribution < -0.4 is 20.4 Å². The molecule has 0 radical (unpaired) electrons. The van der Waals surface area contributed by atoms with E-state index in [0.29, 0.717) is 11.1 Å². The summed E-state index contributed by atoms with van der Waals surface area (Å²) in [6.07, 6.45) is 0. The molecule has 0 saturated carbocycles. The van der Waals surface area contributed by atoms with Gasteiger partial charge in [0.25, 0.3) is 11.8 Å². The van der Waals surface area contributed by atoms with Gasteiger partial charge >= 0.3 is 0 Å². The van der Waals surface area contributed by atoms with Crippen LogP contribution in [-0.4, -0.2) is 38.0 Å². The second-order valence-corrected chi connectivity index (χ2v) is 11.7. The molecule has 2 amide bonds. The molecule has 0 aliphatic carbocycles. The van der Waals surface area contributed by atoms with Crippen LogP contribution >= 0.6 is 21.6 Å². The summed E-state index contributed by atoms with van der Waals surface area (Å²) in [5.74, 6) is -0.345. The van der Waals surface area contributed by atoms with E-state index in [-0.39, 0.29) is 11.8 Å². The van der Waals surface area contributed by atoms with Gasteiger partial charge in [0.1, 0.15) is 0 Å². The summed E-state index contributed by atoms with van der Waals surface area (Å²) in [4.78, 5) is 32.7. The van der Waals surface area contributed by atoms with Crippen molar-refractivity contribution in [3.05, 3.63) is 108 Å². The Morgan fingerprint density at radius 1 is 0.524 bits per heavy atom. The maximum Gasteiger partial charge on any atom is 0.256 e. The fraction of sp³-hybridized carbons (Fsp3) is 0.235. The average molecular weight is 599 g/mol. The van der Waals surface area contributed by atoms with E-state index in [1.165, 1.54) is 21.6 Å². The summed E-state index contributed by atoms with van der Waals surface area (Å²) in [5.41, 5.74) is 4.91. The summed E-state index contributed by atoms with van der Waals surface area (Å²) in [5, 5.41) is 6.05. The fourth-order valence-corrected chi connectivity index (χ4v) is 6.99. The van der Waals surface area contributed by atoms with Crippen LogP contribution in [0.4, 0.5) is 22.7 Å². The first-order valence-corrected chi connectivity index (χ1v) is 16.5. The zero-order valence-electron chi connectivity index (χ0n) is 24.6. The molecule has 0 heterocycles. The minimum Gasteiger partial charge on any atom is -0.372 e. The van der Waals surface area contributed by atoms with Gasteiger partial charge in [0.05, 0.1) is 11.1 Å². The summed E-state index contributed by atoms with van der Waals surface area (Å²) in [7, 11) is 2.93. The fourth-order valence-electron chi connectivity index (χ4n) is 4.63. The van der Waals surface area contributed by atoms with Crippen LogP contribution in [0.15, 0.2) is 107 Å². The monoisotopic (exact) mass is 598 g/mol. The quantitative estimate of drug-likeness (QED) is 0.150. The average Bonchev–Trinajstić information content (AvgIpc) is 3.03. The second kappa shape index (κ2) is 15.4. The Balaban J connectivity index is 1.43. The number of carbonyl (C=O) groups excluding carboxylic acids is 2. The Morgan fingerprint density at radius 3 is 1.19 bits per heavy atom. The molecule has 42 heavy (non-hydrogen) atoms. The number of nitrogens with zero attached hydrogens (tertiary/aromatic N) is 2. The van der Waals surface area contributed by atoms with Crippen molar-refractivity contribution in [3.63, 3.8) is 0 Å². The highest BCUT2D eigenvalue weighted by atomic mass is 33.1. The second-order valence-electron chi connectivity index (χ2n) is 9.51. The molecule has 6 nitrogen and oxygen atoms in total. The van der Waals surface area contributed by atoms with Gasteiger partial charge < -0.3 is 20.4 Å². The van der Waals surface area contributed by atoms with Crippen LogP contribution in [0, 0.1) is 0 Å². The smallest absolute Gasteiger partial charge is 0.256 e. The number of hydrogen-bond acceptors (Lipinski definition) is 6. The summed E-state index contributed by atoms with van der Waals surface area (Å²) in [6.45, 7) is 12.2. The van der Waals surface area contributed by atoms with Crippen molar-refractivity contribution in [2.24, 2.45) is 0 Å². The van der Waals surface area contributed by atoms with Gasteiger partial charge in [0.2, 0.25) is 0 Å². The number of anilines is 4. The minimum absolute atomic E-state index is 0.173.